The molecule has 0 aromatic carbocycles. The van der Waals surface area contributed by atoms with Gasteiger partial charge in [-0.1, -0.05) is 0 Å². The van der Waals surface area contributed by atoms with Gasteiger partial charge in [0, 0.05) is 20.2 Å². The summed E-state index contributed by atoms with van der Waals surface area (Å²) in [4.78, 5) is 18.1. The molecule has 1 heterocycles. The Morgan fingerprint density at radius 1 is 1.65 bits per heavy atom. The van der Waals surface area contributed by atoms with Crippen LogP contribution in [0.3, 0.4) is 0 Å². The maximum absolute atomic E-state index is 10.8. The third-order valence-electron chi connectivity index (χ3n) is 1.99. The summed E-state index contributed by atoms with van der Waals surface area (Å²) in [5.41, 5.74) is -0.160. The smallest absolute Gasteiger partial charge is 0.329 e. The van der Waals surface area contributed by atoms with E-state index in [1.54, 1.807) is 14.2 Å². The van der Waals surface area contributed by atoms with Crippen LogP contribution in [0, 0.1) is 10.1 Å². The van der Waals surface area contributed by atoms with Crippen LogP contribution in [0.4, 0.5) is 17.5 Å². The molecule has 0 aliphatic carbocycles. The second-order valence-electron chi connectivity index (χ2n) is 3.44. The Bertz CT molecular complexity index is 398. The highest BCUT2D eigenvalue weighted by Crippen LogP contribution is 2.22. The van der Waals surface area contributed by atoms with Crippen molar-refractivity contribution in [2.75, 3.05) is 31.4 Å². The number of nitrogens with zero attached hydrogens (tertiary/aromatic N) is 3. The van der Waals surface area contributed by atoms with Crippen molar-refractivity contribution in [2.45, 2.75) is 13.0 Å². The van der Waals surface area contributed by atoms with Gasteiger partial charge in [0.2, 0.25) is 11.8 Å². The van der Waals surface area contributed by atoms with E-state index in [0.717, 1.165) is 0 Å². The van der Waals surface area contributed by atoms with Gasteiger partial charge in [0.1, 0.15) is 6.20 Å². The number of ether oxygens (including phenoxy) is 1. The Morgan fingerprint density at radius 2 is 2.35 bits per heavy atom. The van der Waals surface area contributed by atoms with Gasteiger partial charge in [-0.15, -0.1) is 0 Å². The molecule has 1 atom stereocenters. The Morgan fingerprint density at radius 3 is 2.88 bits per heavy atom. The summed E-state index contributed by atoms with van der Waals surface area (Å²) in [7, 11) is 3.20. The van der Waals surface area contributed by atoms with E-state index in [0.29, 0.717) is 12.6 Å². The van der Waals surface area contributed by atoms with Gasteiger partial charge in [0.15, 0.2) is 0 Å². The lowest BCUT2D eigenvalue weighted by Crippen LogP contribution is -2.22. The van der Waals surface area contributed by atoms with Crippen LogP contribution in [-0.4, -0.2) is 41.7 Å². The van der Waals surface area contributed by atoms with E-state index in [2.05, 4.69) is 20.6 Å². The number of nitro groups is 1. The predicted molar refractivity (Wildman–Crippen MR) is 63.2 cm³/mol. The monoisotopic (exact) mass is 241 g/mol. The number of nitrogens with one attached hydrogen (secondary N) is 2. The first kappa shape index (κ1) is 13.1. The molecule has 8 nitrogen and oxygen atoms in total. The lowest BCUT2D eigenvalue weighted by molar-refractivity contribution is -0.384. The first-order chi connectivity index (χ1) is 8.08. The SMILES string of the molecule is CNc1ncc([N+](=O)[O-])c(NC(C)COC)n1. The van der Waals surface area contributed by atoms with Crippen molar-refractivity contribution in [3.8, 4) is 0 Å². The summed E-state index contributed by atoms with van der Waals surface area (Å²) in [5.74, 6) is 0.501. The molecule has 94 valence electrons. The van der Waals surface area contributed by atoms with Gasteiger partial charge in [-0.3, -0.25) is 10.1 Å². The van der Waals surface area contributed by atoms with E-state index in [1.807, 2.05) is 6.92 Å². The molecular weight excluding hydrogens is 226 g/mol. The molecule has 0 saturated carbocycles. The summed E-state index contributed by atoms with van der Waals surface area (Å²) >= 11 is 0. The van der Waals surface area contributed by atoms with E-state index in [4.69, 9.17) is 4.74 Å². The third kappa shape index (κ3) is 3.52. The summed E-state index contributed by atoms with van der Waals surface area (Å²) < 4.78 is 4.94. The molecule has 17 heavy (non-hydrogen) atoms. The second kappa shape index (κ2) is 5.94. The van der Waals surface area contributed by atoms with Crippen molar-refractivity contribution < 1.29 is 9.66 Å². The van der Waals surface area contributed by atoms with Crippen molar-refractivity contribution in [3.05, 3.63) is 16.3 Å². The number of hydrogen-bond donors (Lipinski definition) is 2. The molecule has 1 unspecified atom stereocenters. The molecule has 0 saturated heterocycles. The fourth-order valence-corrected chi connectivity index (χ4v) is 1.26. The molecule has 0 aliphatic heterocycles. The van der Waals surface area contributed by atoms with E-state index < -0.39 is 4.92 Å². The van der Waals surface area contributed by atoms with Crippen molar-refractivity contribution in [1.29, 1.82) is 0 Å². The van der Waals surface area contributed by atoms with E-state index in [9.17, 15) is 10.1 Å². The zero-order valence-corrected chi connectivity index (χ0v) is 9.93. The Balaban J connectivity index is 2.96. The van der Waals surface area contributed by atoms with Crippen LogP contribution in [-0.2, 0) is 4.74 Å². The van der Waals surface area contributed by atoms with Crippen LogP contribution in [0.25, 0.3) is 0 Å². The summed E-state index contributed by atoms with van der Waals surface area (Å²) in [6.07, 6.45) is 1.17. The molecule has 1 aromatic rings. The van der Waals surface area contributed by atoms with Gasteiger partial charge in [-0.2, -0.15) is 4.98 Å². The predicted octanol–water partition coefficient (Wildman–Crippen LogP) is 0.873. The minimum atomic E-state index is -0.526. The Hall–Kier alpha value is -1.96. The van der Waals surface area contributed by atoms with Gasteiger partial charge in [0.05, 0.1) is 11.5 Å². The maximum Gasteiger partial charge on any atom is 0.329 e. The highest BCUT2D eigenvalue weighted by Gasteiger charge is 2.18. The summed E-state index contributed by atoms with van der Waals surface area (Å²) in [6, 6.07) is -0.0849. The minimum Gasteiger partial charge on any atom is -0.383 e. The molecule has 0 aliphatic rings. The van der Waals surface area contributed by atoms with Crippen LogP contribution < -0.4 is 10.6 Å². The molecule has 0 bridgehead atoms. The van der Waals surface area contributed by atoms with Crippen molar-refractivity contribution >= 4 is 17.5 Å². The Labute approximate surface area is 98.6 Å². The lowest BCUT2D eigenvalue weighted by Gasteiger charge is -2.13. The molecule has 0 spiro atoms. The zero-order chi connectivity index (χ0) is 12.8. The first-order valence-electron chi connectivity index (χ1n) is 5.03. The molecule has 1 aromatic heterocycles. The van der Waals surface area contributed by atoms with Gasteiger partial charge < -0.3 is 15.4 Å². The largest absolute Gasteiger partial charge is 0.383 e. The molecule has 8 heteroatoms. The average molecular weight is 241 g/mol. The zero-order valence-electron chi connectivity index (χ0n) is 9.93. The minimum absolute atomic E-state index is 0.0849. The fourth-order valence-electron chi connectivity index (χ4n) is 1.26. The Kier molecular flexibility index (Phi) is 4.58. The topological polar surface area (TPSA) is 102 Å². The van der Waals surface area contributed by atoms with E-state index in [1.165, 1.54) is 6.20 Å². The van der Waals surface area contributed by atoms with Gasteiger partial charge in [-0.05, 0) is 6.92 Å². The molecule has 0 amide bonds. The average Bonchev–Trinajstić information content (AvgIpc) is 2.28. The summed E-state index contributed by atoms with van der Waals surface area (Å²) in [6.45, 7) is 2.27. The highest BCUT2D eigenvalue weighted by atomic mass is 16.6. The quantitative estimate of drug-likeness (QED) is 0.562. The molecule has 1 rings (SSSR count). The number of anilines is 2. The van der Waals surface area contributed by atoms with Crippen molar-refractivity contribution in [3.63, 3.8) is 0 Å². The van der Waals surface area contributed by atoms with Crippen LogP contribution >= 0.6 is 0 Å². The fraction of sp³-hybridized carbons (Fsp3) is 0.556. The van der Waals surface area contributed by atoms with Gasteiger partial charge in [0.25, 0.3) is 0 Å². The molecule has 0 fully saturated rings. The highest BCUT2D eigenvalue weighted by molar-refractivity contribution is 5.57. The van der Waals surface area contributed by atoms with E-state index in [-0.39, 0.29) is 17.5 Å². The van der Waals surface area contributed by atoms with Crippen LogP contribution in [0.5, 0.6) is 0 Å². The molecule has 2 N–H and O–H groups in total. The molecule has 0 radical (unpaired) electrons. The lowest BCUT2D eigenvalue weighted by atomic mass is 10.3. The van der Waals surface area contributed by atoms with E-state index >= 15 is 0 Å². The van der Waals surface area contributed by atoms with Gasteiger partial charge >= 0.3 is 5.69 Å². The number of methoxy groups -OCH3 is 1. The standard InChI is InChI=1S/C9H15N5O3/c1-6(5-17-3)12-8-7(14(15)16)4-11-9(10-2)13-8/h4,6H,5H2,1-3H3,(H2,10,11,12,13). The molecular formula is C9H15N5O3. The number of hydrogen-bond acceptors (Lipinski definition) is 7. The second-order valence-corrected chi connectivity index (χ2v) is 3.44. The van der Waals surface area contributed by atoms with Crippen LogP contribution in [0.2, 0.25) is 0 Å². The van der Waals surface area contributed by atoms with Crippen LogP contribution in [0.15, 0.2) is 6.20 Å². The third-order valence-corrected chi connectivity index (χ3v) is 1.99. The summed E-state index contributed by atoms with van der Waals surface area (Å²) in [5, 5.41) is 16.4. The van der Waals surface area contributed by atoms with Crippen LogP contribution in [0.1, 0.15) is 6.92 Å². The van der Waals surface area contributed by atoms with Crippen molar-refractivity contribution in [1.82, 2.24) is 9.97 Å². The first-order valence-corrected chi connectivity index (χ1v) is 5.03. The number of rotatable bonds is 6. The van der Waals surface area contributed by atoms with Crippen molar-refractivity contribution in [2.24, 2.45) is 0 Å². The normalized spacial score (nSPS) is 11.9. The number of aromatic nitrogens is 2. The van der Waals surface area contributed by atoms with Gasteiger partial charge in [-0.25, -0.2) is 4.98 Å². The maximum atomic E-state index is 10.8.